The van der Waals surface area contributed by atoms with Gasteiger partial charge in [-0.25, -0.2) is 4.98 Å². The first-order valence-corrected chi connectivity index (χ1v) is 9.96. The molecule has 0 radical (unpaired) electrons. The molecule has 0 spiro atoms. The Bertz CT molecular complexity index is 1060. The highest BCUT2D eigenvalue weighted by molar-refractivity contribution is 5.95. The lowest BCUT2D eigenvalue weighted by molar-refractivity contribution is -0.384. The summed E-state index contributed by atoms with van der Waals surface area (Å²) in [5.74, 6) is 0.636. The van der Waals surface area contributed by atoms with Gasteiger partial charge in [-0.2, -0.15) is 0 Å². The normalized spacial score (nSPS) is 14.4. The molecule has 0 atom stereocenters. The molecule has 0 aliphatic carbocycles. The van der Waals surface area contributed by atoms with E-state index >= 15 is 0 Å². The van der Waals surface area contributed by atoms with Crippen molar-refractivity contribution < 1.29 is 14.5 Å². The first-order valence-electron chi connectivity index (χ1n) is 9.96. The molecule has 0 bridgehead atoms. The van der Waals surface area contributed by atoms with Crippen molar-refractivity contribution in [3.63, 3.8) is 0 Å². The quantitative estimate of drug-likeness (QED) is 0.449. The van der Waals surface area contributed by atoms with Gasteiger partial charge in [0.05, 0.1) is 18.4 Å². The predicted octanol–water partition coefficient (Wildman–Crippen LogP) is 2.75. The van der Waals surface area contributed by atoms with E-state index < -0.39 is 4.92 Å². The summed E-state index contributed by atoms with van der Waals surface area (Å²) in [7, 11) is 1.64. The molecular formula is C22H23N5O4. The second kappa shape index (κ2) is 8.97. The lowest BCUT2D eigenvalue weighted by Crippen LogP contribution is -2.48. The Morgan fingerprint density at radius 3 is 2.48 bits per heavy atom. The van der Waals surface area contributed by atoms with Gasteiger partial charge in [-0.05, 0) is 29.8 Å². The molecule has 0 saturated carbocycles. The van der Waals surface area contributed by atoms with Gasteiger partial charge in [0.15, 0.2) is 0 Å². The van der Waals surface area contributed by atoms with Gasteiger partial charge in [-0.15, -0.1) is 0 Å². The van der Waals surface area contributed by atoms with Crippen molar-refractivity contribution in [1.82, 2.24) is 19.4 Å². The standard InChI is InChI=1S/C22H23N5O4/c1-31-19-5-2-17(3-6-19)15-24-10-12-25(13-11-24)22(28)18-4-7-20(21(14-18)27(29)30)26-9-8-23-16-26/h2-9,14,16H,10-13,15H2,1H3. The number of nitro groups is 1. The molecule has 1 aliphatic heterocycles. The zero-order valence-electron chi connectivity index (χ0n) is 17.2. The number of nitrogens with zero attached hydrogens (tertiary/aromatic N) is 5. The van der Waals surface area contributed by atoms with E-state index in [2.05, 4.69) is 9.88 Å². The van der Waals surface area contributed by atoms with Crippen molar-refractivity contribution in [2.24, 2.45) is 0 Å². The number of imidazole rings is 1. The molecule has 31 heavy (non-hydrogen) atoms. The van der Waals surface area contributed by atoms with E-state index in [1.807, 2.05) is 24.3 Å². The van der Waals surface area contributed by atoms with Gasteiger partial charge in [0.2, 0.25) is 0 Å². The minimum atomic E-state index is -0.473. The van der Waals surface area contributed by atoms with Gasteiger partial charge in [0.25, 0.3) is 11.6 Å². The molecule has 9 heteroatoms. The topological polar surface area (TPSA) is 93.7 Å². The molecule has 9 nitrogen and oxygen atoms in total. The number of benzene rings is 2. The molecule has 0 unspecified atom stereocenters. The van der Waals surface area contributed by atoms with E-state index in [9.17, 15) is 14.9 Å². The number of methoxy groups -OCH3 is 1. The number of carbonyl (C=O) groups is 1. The number of hydrogen-bond donors (Lipinski definition) is 0. The number of aromatic nitrogens is 2. The van der Waals surface area contributed by atoms with E-state index in [-0.39, 0.29) is 11.6 Å². The van der Waals surface area contributed by atoms with Gasteiger partial charge < -0.3 is 14.2 Å². The zero-order valence-corrected chi connectivity index (χ0v) is 17.2. The average Bonchev–Trinajstić information content (AvgIpc) is 3.34. The molecule has 160 valence electrons. The molecule has 1 saturated heterocycles. The first-order chi connectivity index (χ1) is 15.0. The fourth-order valence-corrected chi connectivity index (χ4v) is 3.70. The Labute approximate surface area is 179 Å². The highest BCUT2D eigenvalue weighted by atomic mass is 16.6. The van der Waals surface area contributed by atoms with Crippen molar-refractivity contribution in [3.8, 4) is 11.4 Å². The molecule has 4 rings (SSSR count). The van der Waals surface area contributed by atoms with Crippen LogP contribution in [0.3, 0.4) is 0 Å². The van der Waals surface area contributed by atoms with Crippen LogP contribution >= 0.6 is 0 Å². The molecule has 1 fully saturated rings. The van der Waals surface area contributed by atoms with Crippen LogP contribution in [0.5, 0.6) is 5.75 Å². The van der Waals surface area contributed by atoms with Crippen molar-refractivity contribution in [2.45, 2.75) is 6.54 Å². The first kappa shape index (κ1) is 20.5. The van der Waals surface area contributed by atoms with Crippen LogP contribution in [-0.4, -0.2) is 63.5 Å². The number of rotatable bonds is 6. The Hall–Kier alpha value is -3.72. The predicted molar refractivity (Wildman–Crippen MR) is 114 cm³/mol. The summed E-state index contributed by atoms with van der Waals surface area (Å²) in [4.78, 5) is 32.0. The number of carbonyl (C=O) groups excluding carboxylic acids is 1. The molecule has 1 amide bonds. The van der Waals surface area contributed by atoms with Crippen LogP contribution in [0.4, 0.5) is 5.69 Å². The summed E-state index contributed by atoms with van der Waals surface area (Å²) in [6.45, 7) is 3.44. The van der Waals surface area contributed by atoms with Gasteiger partial charge in [-0.1, -0.05) is 12.1 Å². The number of amides is 1. The fourth-order valence-electron chi connectivity index (χ4n) is 3.70. The minimum Gasteiger partial charge on any atom is -0.497 e. The maximum atomic E-state index is 13.0. The molecule has 2 aromatic carbocycles. The second-order valence-electron chi connectivity index (χ2n) is 7.35. The van der Waals surface area contributed by atoms with Crippen LogP contribution in [-0.2, 0) is 6.54 Å². The minimum absolute atomic E-state index is 0.123. The highest BCUT2D eigenvalue weighted by Crippen LogP contribution is 2.25. The van der Waals surface area contributed by atoms with Gasteiger partial charge in [0.1, 0.15) is 11.4 Å². The third kappa shape index (κ3) is 4.56. The largest absolute Gasteiger partial charge is 0.497 e. The van der Waals surface area contributed by atoms with Crippen LogP contribution in [0.25, 0.3) is 5.69 Å². The Morgan fingerprint density at radius 1 is 1.13 bits per heavy atom. The van der Waals surface area contributed by atoms with Crippen LogP contribution in [0, 0.1) is 10.1 Å². The average molecular weight is 421 g/mol. The van der Waals surface area contributed by atoms with E-state index in [0.717, 1.165) is 25.4 Å². The van der Waals surface area contributed by atoms with Crippen LogP contribution in [0.15, 0.2) is 61.2 Å². The monoisotopic (exact) mass is 421 g/mol. The van der Waals surface area contributed by atoms with Gasteiger partial charge >= 0.3 is 0 Å². The summed E-state index contributed by atoms with van der Waals surface area (Å²) >= 11 is 0. The number of piperazine rings is 1. The van der Waals surface area contributed by atoms with Crippen molar-refractivity contribution in [2.75, 3.05) is 33.3 Å². The Balaban J connectivity index is 1.41. The van der Waals surface area contributed by atoms with Crippen LogP contribution in [0.2, 0.25) is 0 Å². The number of hydrogen-bond acceptors (Lipinski definition) is 6. The van der Waals surface area contributed by atoms with Crippen LogP contribution in [0.1, 0.15) is 15.9 Å². The summed E-state index contributed by atoms with van der Waals surface area (Å²) in [5.41, 5.74) is 1.76. The summed E-state index contributed by atoms with van der Waals surface area (Å²) in [6.07, 6.45) is 4.67. The van der Waals surface area contributed by atoms with E-state index in [4.69, 9.17) is 4.74 Å². The lowest BCUT2D eigenvalue weighted by atomic mass is 10.1. The van der Waals surface area contributed by atoms with Gasteiger partial charge in [-0.3, -0.25) is 19.8 Å². The van der Waals surface area contributed by atoms with E-state index in [0.29, 0.717) is 24.3 Å². The Morgan fingerprint density at radius 2 is 1.87 bits per heavy atom. The molecular weight excluding hydrogens is 398 g/mol. The van der Waals surface area contributed by atoms with Crippen LogP contribution < -0.4 is 4.74 Å². The fraction of sp³-hybridized carbons (Fsp3) is 0.273. The van der Waals surface area contributed by atoms with Gasteiger partial charge in [0, 0.05) is 56.7 Å². The third-order valence-corrected chi connectivity index (χ3v) is 5.43. The van der Waals surface area contributed by atoms with E-state index in [1.165, 1.54) is 18.0 Å². The number of nitro benzene ring substituents is 1. The molecule has 1 aromatic heterocycles. The summed E-state index contributed by atoms with van der Waals surface area (Å²) in [5, 5.41) is 11.6. The molecule has 0 N–H and O–H groups in total. The van der Waals surface area contributed by atoms with E-state index in [1.54, 1.807) is 41.1 Å². The maximum Gasteiger partial charge on any atom is 0.294 e. The molecule has 2 heterocycles. The number of ether oxygens (including phenoxy) is 1. The molecule has 3 aromatic rings. The smallest absolute Gasteiger partial charge is 0.294 e. The molecule has 1 aliphatic rings. The highest BCUT2D eigenvalue weighted by Gasteiger charge is 2.25. The second-order valence-corrected chi connectivity index (χ2v) is 7.35. The Kier molecular flexibility index (Phi) is 5.94. The van der Waals surface area contributed by atoms with Crippen molar-refractivity contribution in [3.05, 3.63) is 82.4 Å². The third-order valence-electron chi connectivity index (χ3n) is 5.43. The van der Waals surface area contributed by atoms with Crippen molar-refractivity contribution >= 4 is 11.6 Å². The maximum absolute atomic E-state index is 13.0. The van der Waals surface area contributed by atoms with Crippen molar-refractivity contribution in [1.29, 1.82) is 0 Å². The SMILES string of the molecule is COc1ccc(CN2CCN(C(=O)c3ccc(-n4ccnc4)c([N+](=O)[O-])c3)CC2)cc1. The summed E-state index contributed by atoms with van der Waals surface area (Å²) in [6, 6.07) is 12.5. The zero-order chi connectivity index (χ0) is 21.8. The lowest BCUT2D eigenvalue weighted by Gasteiger charge is -2.34. The summed E-state index contributed by atoms with van der Waals surface area (Å²) < 4.78 is 6.75.